The Hall–Kier alpha value is -3.18. The van der Waals surface area contributed by atoms with Crippen LogP contribution >= 0.6 is 11.6 Å². The van der Waals surface area contributed by atoms with Crippen LogP contribution in [0, 0.1) is 6.92 Å². The molecule has 2 aromatic heterocycles. The number of fused-ring (bicyclic) bond motifs is 1. The summed E-state index contributed by atoms with van der Waals surface area (Å²) in [6, 6.07) is 16.1. The molecule has 26 heavy (non-hydrogen) atoms. The molecule has 0 aliphatic rings. The zero-order chi connectivity index (χ0) is 18.1. The molecule has 0 saturated heterocycles. The zero-order valence-electron chi connectivity index (χ0n) is 13.9. The van der Waals surface area contributed by atoms with E-state index in [9.17, 15) is 4.79 Å². The molecular formula is C20H14ClN3O2. The van der Waals surface area contributed by atoms with Crippen LogP contribution in [0.3, 0.4) is 0 Å². The van der Waals surface area contributed by atoms with Crippen LogP contribution in [0.1, 0.15) is 15.9 Å². The number of aromatic nitrogens is 2. The highest BCUT2D eigenvalue weighted by Gasteiger charge is 2.11. The number of amides is 1. The number of pyridine rings is 1. The number of anilines is 1. The van der Waals surface area contributed by atoms with Crippen LogP contribution < -0.4 is 5.32 Å². The van der Waals surface area contributed by atoms with Crippen LogP contribution in [-0.2, 0) is 0 Å². The van der Waals surface area contributed by atoms with Crippen LogP contribution in [0.2, 0.25) is 5.02 Å². The molecule has 6 heteroatoms. The number of rotatable bonds is 3. The van der Waals surface area contributed by atoms with Crippen molar-refractivity contribution in [2.24, 2.45) is 0 Å². The first-order valence-electron chi connectivity index (χ1n) is 8.00. The van der Waals surface area contributed by atoms with E-state index in [4.69, 9.17) is 16.0 Å². The molecule has 0 bridgehead atoms. The minimum absolute atomic E-state index is 0.233. The van der Waals surface area contributed by atoms with Gasteiger partial charge in [0, 0.05) is 28.0 Å². The van der Waals surface area contributed by atoms with Gasteiger partial charge in [0.25, 0.3) is 5.91 Å². The number of carbonyl (C=O) groups excluding carboxylic acids is 1. The average molecular weight is 364 g/mol. The summed E-state index contributed by atoms with van der Waals surface area (Å²) in [5.74, 6) is 0.219. The molecule has 0 radical (unpaired) electrons. The van der Waals surface area contributed by atoms with Crippen molar-refractivity contribution in [2.45, 2.75) is 6.92 Å². The number of benzene rings is 2. The van der Waals surface area contributed by atoms with Crippen molar-refractivity contribution in [3.8, 4) is 11.5 Å². The van der Waals surface area contributed by atoms with E-state index in [-0.39, 0.29) is 5.91 Å². The number of carbonyl (C=O) groups is 1. The van der Waals surface area contributed by atoms with E-state index < -0.39 is 0 Å². The van der Waals surface area contributed by atoms with Crippen molar-refractivity contribution in [1.29, 1.82) is 0 Å². The first kappa shape index (κ1) is 16.3. The predicted molar refractivity (Wildman–Crippen MR) is 101 cm³/mol. The van der Waals surface area contributed by atoms with Crippen LogP contribution in [0.15, 0.2) is 65.2 Å². The topological polar surface area (TPSA) is 68.0 Å². The zero-order valence-corrected chi connectivity index (χ0v) is 14.6. The Bertz CT molecular complexity index is 1090. The van der Waals surface area contributed by atoms with Crippen molar-refractivity contribution >= 4 is 34.4 Å². The molecule has 0 aliphatic carbocycles. The Labute approximate surface area is 154 Å². The van der Waals surface area contributed by atoms with Gasteiger partial charge in [0.2, 0.25) is 5.89 Å². The predicted octanol–water partition coefficient (Wildman–Crippen LogP) is 5.10. The summed E-state index contributed by atoms with van der Waals surface area (Å²) in [6.07, 6.45) is 1.66. The van der Waals surface area contributed by atoms with E-state index in [0.717, 1.165) is 11.1 Å². The highest BCUT2D eigenvalue weighted by atomic mass is 35.5. The van der Waals surface area contributed by atoms with Crippen molar-refractivity contribution in [3.63, 3.8) is 0 Å². The maximum Gasteiger partial charge on any atom is 0.255 e. The summed E-state index contributed by atoms with van der Waals surface area (Å²) in [5, 5.41) is 3.43. The average Bonchev–Trinajstić information content (AvgIpc) is 3.08. The van der Waals surface area contributed by atoms with E-state index in [2.05, 4.69) is 15.3 Å². The van der Waals surface area contributed by atoms with E-state index in [1.54, 1.807) is 36.5 Å². The van der Waals surface area contributed by atoms with Gasteiger partial charge in [-0.15, -0.1) is 0 Å². The SMILES string of the molecule is Cc1ccc(C(=O)Nc2cccc(-c3nc4ncccc4o3)c2)cc1Cl. The first-order chi connectivity index (χ1) is 12.6. The minimum atomic E-state index is -0.233. The molecule has 0 atom stereocenters. The van der Waals surface area contributed by atoms with Gasteiger partial charge in [0.05, 0.1) is 0 Å². The van der Waals surface area contributed by atoms with Gasteiger partial charge in [0.15, 0.2) is 11.2 Å². The Balaban J connectivity index is 1.61. The fraction of sp³-hybridized carbons (Fsp3) is 0.0500. The number of hydrogen-bond donors (Lipinski definition) is 1. The van der Waals surface area contributed by atoms with Crippen LogP contribution in [0.25, 0.3) is 22.7 Å². The maximum atomic E-state index is 12.4. The molecule has 2 heterocycles. The molecule has 1 amide bonds. The Morgan fingerprint density at radius 1 is 1.12 bits per heavy atom. The Kier molecular flexibility index (Phi) is 4.14. The molecule has 5 nitrogen and oxygen atoms in total. The lowest BCUT2D eigenvalue weighted by molar-refractivity contribution is 0.102. The molecule has 0 aliphatic heterocycles. The van der Waals surface area contributed by atoms with Crippen LogP contribution in [0.4, 0.5) is 5.69 Å². The van der Waals surface area contributed by atoms with Crippen molar-refractivity contribution in [1.82, 2.24) is 9.97 Å². The van der Waals surface area contributed by atoms with Crippen LogP contribution in [-0.4, -0.2) is 15.9 Å². The third-order valence-corrected chi connectivity index (χ3v) is 4.37. The summed E-state index contributed by atoms with van der Waals surface area (Å²) >= 11 is 6.10. The molecule has 0 unspecified atom stereocenters. The molecule has 1 N–H and O–H groups in total. The monoisotopic (exact) mass is 363 g/mol. The number of nitrogens with one attached hydrogen (secondary N) is 1. The first-order valence-corrected chi connectivity index (χ1v) is 8.37. The Morgan fingerprint density at radius 2 is 2.00 bits per heavy atom. The summed E-state index contributed by atoms with van der Waals surface area (Å²) in [4.78, 5) is 21.0. The van der Waals surface area contributed by atoms with Gasteiger partial charge in [-0.25, -0.2) is 4.98 Å². The molecule has 4 aromatic rings. The summed E-state index contributed by atoms with van der Waals surface area (Å²) in [6.45, 7) is 1.89. The van der Waals surface area contributed by atoms with E-state index in [0.29, 0.717) is 33.4 Å². The van der Waals surface area contributed by atoms with E-state index >= 15 is 0 Å². The third kappa shape index (κ3) is 3.17. The van der Waals surface area contributed by atoms with Gasteiger partial charge >= 0.3 is 0 Å². The largest absolute Gasteiger partial charge is 0.434 e. The third-order valence-electron chi connectivity index (χ3n) is 3.97. The number of oxazole rings is 1. The highest BCUT2D eigenvalue weighted by Crippen LogP contribution is 2.25. The smallest absolute Gasteiger partial charge is 0.255 e. The highest BCUT2D eigenvalue weighted by molar-refractivity contribution is 6.31. The van der Waals surface area contributed by atoms with Gasteiger partial charge in [-0.1, -0.05) is 23.7 Å². The fourth-order valence-corrected chi connectivity index (χ4v) is 2.74. The van der Waals surface area contributed by atoms with E-state index in [1.165, 1.54) is 0 Å². The maximum absolute atomic E-state index is 12.4. The van der Waals surface area contributed by atoms with Gasteiger partial charge < -0.3 is 9.73 Å². The summed E-state index contributed by atoms with van der Waals surface area (Å²) in [7, 11) is 0. The molecule has 4 rings (SSSR count). The van der Waals surface area contributed by atoms with Gasteiger partial charge in [-0.3, -0.25) is 4.79 Å². The second kappa shape index (κ2) is 6.61. The Morgan fingerprint density at radius 3 is 2.81 bits per heavy atom. The lowest BCUT2D eigenvalue weighted by Crippen LogP contribution is -2.11. The molecule has 0 fully saturated rings. The van der Waals surface area contributed by atoms with Crippen molar-refractivity contribution in [3.05, 3.63) is 76.9 Å². The number of halogens is 1. The quantitative estimate of drug-likeness (QED) is 0.549. The number of nitrogens with zero attached hydrogens (tertiary/aromatic N) is 2. The second-order valence-electron chi connectivity index (χ2n) is 5.84. The lowest BCUT2D eigenvalue weighted by atomic mass is 10.1. The molecule has 0 spiro atoms. The van der Waals surface area contributed by atoms with Crippen molar-refractivity contribution < 1.29 is 9.21 Å². The number of aryl methyl sites for hydroxylation is 1. The normalized spacial score (nSPS) is 10.8. The summed E-state index contributed by atoms with van der Waals surface area (Å²) in [5.41, 5.74) is 3.98. The summed E-state index contributed by atoms with van der Waals surface area (Å²) < 4.78 is 5.72. The standard InChI is InChI=1S/C20H14ClN3O2/c1-12-7-8-13(11-16(12)21)19(25)23-15-5-2-4-14(10-15)20-24-18-17(26-20)6-3-9-22-18/h2-11H,1H3,(H,23,25). The van der Waals surface area contributed by atoms with Gasteiger partial charge in [-0.2, -0.15) is 4.98 Å². The van der Waals surface area contributed by atoms with Gasteiger partial charge in [-0.05, 0) is 55.0 Å². The number of hydrogen-bond acceptors (Lipinski definition) is 4. The molecule has 2 aromatic carbocycles. The van der Waals surface area contributed by atoms with Gasteiger partial charge in [0.1, 0.15) is 0 Å². The van der Waals surface area contributed by atoms with Crippen molar-refractivity contribution in [2.75, 3.05) is 5.32 Å². The minimum Gasteiger partial charge on any atom is -0.434 e. The molecular weight excluding hydrogens is 350 g/mol. The van der Waals surface area contributed by atoms with E-state index in [1.807, 2.05) is 31.2 Å². The lowest BCUT2D eigenvalue weighted by Gasteiger charge is -2.07. The van der Waals surface area contributed by atoms with Crippen LogP contribution in [0.5, 0.6) is 0 Å². The molecule has 128 valence electrons. The second-order valence-corrected chi connectivity index (χ2v) is 6.25. The fourth-order valence-electron chi connectivity index (χ4n) is 2.56. The molecule has 0 saturated carbocycles.